The van der Waals surface area contributed by atoms with Gasteiger partial charge in [-0.3, -0.25) is 0 Å². The highest BCUT2D eigenvalue weighted by atomic mass is 16.8. The predicted octanol–water partition coefficient (Wildman–Crippen LogP) is 2.98. The van der Waals surface area contributed by atoms with Gasteiger partial charge in [0.05, 0.1) is 12.1 Å². The fourth-order valence-corrected chi connectivity index (χ4v) is 4.54. The molecule has 2 saturated carbocycles. The quantitative estimate of drug-likeness (QED) is 0.602. The number of hydrogen-bond acceptors (Lipinski definition) is 7. The minimum Gasteiger partial charge on any atom is -0.444 e. The highest BCUT2D eigenvalue weighted by Gasteiger charge is 2.57. The van der Waals surface area contributed by atoms with Crippen molar-refractivity contribution in [2.45, 2.75) is 127 Å². The Morgan fingerprint density at radius 2 is 1.32 bits per heavy atom. The van der Waals surface area contributed by atoms with E-state index in [4.69, 9.17) is 18.9 Å². The lowest BCUT2D eigenvalue weighted by atomic mass is 9.84. The van der Waals surface area contributed by atoms with Crippen LogP contribution in [0.5, 0.6) is 0 Å². The van der Waals surface area contributed by atoms with Gasteiger partial charge in [0.2, 0.25) is 0 Å². The van der Waals surface area contributed by atoms with Crippen LogP contribution in [0.15, 0.2) is 0 Å². The van der Waals surface area contributed by atoms with Gasteiger partial charge in [-0.05, 0) is 60.8 Å². The van der Waals surface area contributed by atoms with E-state index in [0.717, 1.165) is 32.1 Å². The highest BCUT2D eigenvalue weighted by Crippen LogP contribution is 2.45. The van der Waals surface area contributed by atoms with Crippen molar-refractivity contribution in [3.63, 3.8) is 0 Å². The van der Waals surface area contributed by atoms with Crippen LogP contribution in [0.1, 0.15) is 80.1 Å². The van der Waals surface area contributed by atoms with Crippen LogP contribution in [0, 0.1) is 0 Å². The molecular formula is C22H38N2O7. The molecule has 0 unspecified atom stereocenters. The Balaban J connectivity index is 1.76. The second kappa shape index (κ2) is 8.75. The number of nitrogens with one attached hydrogen (secondary N) is 2. The molecule has 3 rings (SSSR count). The summed E-state index contributed by atoms with van der Waals surface area (Å²) >= 11 is 0. The van der Waals surface area contributed by atoms with Crippen LogP contribution < -0.4 is 10.6 Å². The number of fused-ring (bicyclic) bond motifs is 1. The van der Waals surface area contributed by atoms with Crippen LogP contribution in [0.25, 0.3) is 0 Å². The molecule has 0 aromatic rings. The summed E-state index contributed by atoms with van der Waals surface area (Å²) < 4.78 is 23.4. The first-order valence-corrected chi connectivity index (χ1v) is 11.3. The van der Waals surface area contributed by atoms with Crippen LogP contribution in [0.2, 0.25) is 0 Å². The van der Waals surface area contributed by atoms with Gasteiger partial charge in [0.1, 0.15) is 29.5 Å². The zero-order valence-corrected chi connectivity index (χ0v) is 19.5. The zero-order chi connectivity index (χ0) is 23.0. The van der Waals surface area contributed by atoms with Crippen molar-refractivity contribution in [1.82, 2.24) is 10.6 Å². The molecule has 5 atom stereocenters. The lowest BCUT2D eigenvalue weighted by Gasteiger charge is -2.40. The maximum absolute atomic E-state index is 12.5. The number of alkyl carbamates (subject to hydrolysis) is 2. The first kappa shape index (κ1) is 24.1. The Morgan fingerprint density at radius 1 is 0.839 bits per heavy atom. The molecule has 0 bridgehead atoms. The summed E-state index contributed by atoms with van der Waals surface area (Å²) in [7, 11) is 0. The van der Waals surface area contributed by atoms with Crippen molar-refractivity contribution >= 4 is 12.2 Å². The van der Waals surface area contributed by atoms with E-state index in [2.05, 4.69) is 10.6 Å². The molecule has 1 saturated heterocycles. The van der Waals surface area contributed by atoms with Crippen molar-refractivity contribution in [1.29, 1.82) is 0 Å². The van der Waals surface area contributed by atoms with Gasteiger partial charge in [0.25, 0.3) is 0 Å². The molecule has 9 heteroatoms. The summed E-state index contributed by atoms with van der Waals surface area (Å²) in [5, 5.41) is 16.6. The molecule has 1 heterocycles. The Morgan fingerprint density at radius 3 is 1.84 bits per heavy atom. The van der Waals surface area contributed by atoms with Gasteiger partial charge in [-0.25, -0.2) is 9.59 Å². The summed E-state index contributed by atoms with van der Waals surface area (Å²) in [6.07, 6.45) is 1.45. The van der Waals surface area contributed by atoms with Crippen molar-refractivity contribution in [3.05, 3.63) is 0 Å². The van der Waals surface area contributed by atoms with E-state index in [0.29, 0.717) is 0 Å². The summed E-state index contributed by atoms with van der Waals surface area (Å²) in [5.74, 6) is -0.747. The number of aliphatic hydroxyl groups excluding tert-OH is 1. The number of aliphatic hydroxyl groups is 1. The molecule has 3 N–H and O–H groups in total. The van der Waals surface area contributed by atoms with Gasteiger partial charge in [0, 0.05) is 12.8 Å². The average Bonchev–Trinajstić information content (AvgIpc) is 2.96. The van der Waals surface area contributed by atoms with Gasteiger partial charge in [-0.2, -0.15) is 0 Å². The Bertz CT molecular complexity index is 664. The van der Waals surface area contributed by atoms with Crippen LogP contribution in [0.3, 0.4) is 0 Å². The van der Waals surface area contributed by atoms with Gasteiger partial charge in [-0.1, -0.05) is 6.42 Å². The topological polar surface area (TPSA) is 115 Å². The molecule has 0 radical (unpaired) electrons. The molecular weight excluding hydrogens is 404 g/mol. The third kappa shape index (κ3) is 6.23. The first-order valence-electron chi connectivity index (χ1n) is 11.3. The predicted molar refractivity (Wildman–Crippen MR) is 113 cm³/mol. The largest absolute Gasteiger partial charge is 0.444 e. The van der Waals surface area contributed by atoms with E-state index in [1.54, 1.807) is 41.5 Å². The smallest absolute Gasteiger partial charge is 0.407 e. The lowest BCUT2D eigenvalue weighted by molar-refractivity contribution is -0.199. The van der Waals surface area contributed by atoms with E-state index < -0.39 is 59.6 Å². The van der Waals surface area contributed by atoms with Gasteiger partial charge in [-0.15, -0.1) is 0 Å². The Labute approximate surface area is 184 Å². The van der Waals surface area contributed by atoms with Gasteiger partial charge >= 0.3 is 12.2 Å². The molecule has 1 spiro atoms. The second-order valence-electron chi connectivity index (χ2n) is 10.9. The van der Waals surface area contributed by atoms with Crippen molar-refractivity contribution < 1.29 is 33.6 Å². The fourth-order valence-electron chi connectivity index (χ4n) is 4.54. The number of carbonyl (C=O) groups is 2. The van der Waals surface area contributed by atoms with Crippen molar-refractivity contribution in [2.24, 2.45) is 0 Å². The van der Waals surface area contributed by atoms with Crippen LogP contribution in [-0.2, 0) is 18.9 Å². The van der Waals surface area contributed by atoms with Gasteiger partial charge in [0.15, 0.2) is 5.79 Å². The second-order valence-corrected chi connectivity index (χ2v) is 10.9. The molecule has 178 valence electrons. The van der Waals surface area contributed by atoms with E-state index in [9.17, 15) is 14.7 Å². The third-order valence-corrected chi connectivity index (χ3v) is 5.70. The lowest BCUT2D eigenvalue weighted by Crippen LogP contribution is -2.64. The zero-order valence-electron chi connectivity index (χ0n) is 19.5. The number of rotatable bonds is 2. The minimum atomic E-state index is -0.990. The summed E-state index contributed by atoms with van der Waals surface area (Å²) in [5.41, 5.74) is -1.32. The molecule has 0 aromatic carbocycles. The number of hydrogen-bond donors (Lipinski definition) is 3. The van der Waals surface area contributed by atoms with E-state index in [1.807, 2.05) is 0 Å². The Hall–Kier alpha value is -1.58. The van der Waals surface area contributed by atoms with Crippen LogP contribution in [-0.4, -0.2) is 64.7 Å². The average molecular weight is 443 g/mol. The van der Waals surface area contributed by atoms with Crippen molar-refractivity contribution in [2.75, 3.05) is 0 Å². The van der Waals surface area contributed by atoms with Gasteiger partial charge < -0.3 is 34.7 Å². The molecule has 0 aromatic heterocycles. The fraction of sp³-hybridized carbons (Fsp3) is 0.909. The molecule has 3 fully saturated rings. The number of carbonyl (C=O) groups excluding carboxylic acids is 2. The van der Waals surface area contributed by atoms with E-state index >= 15 is 0 Å². The molecule has 31 heavy (non-hydrogen) atoms. The summed E-state index contributed by atoms with van der Waals surface area (Å²) in [4.78, 5) is 24.8. The molecule has 1 aliphatic heterocycles. The normalized spacial score (nSPS) is 32.8. The summed E-state index contributed by atoms with van der Waals surface area (Å²) in [6, 6.07) is -1.16. The highest BCUT2D eigenvalue weighted by molar-refractivity contribution is 5.69. The standard InChI is InChI=1S/C22H38N2O7/c1-20(2,3)30-18(26)23-13-12-14(24-19(27)31-21(4,5)6)16-17(15(13)25)29-22(28-16)10-8-7-9-11-22/h13-17,25H,7-12H2,1-6H3,(H,23,26)(H,24,27)/t13-,14+,15+,16-,17-/m0/s1. The van der Waals surface area contributed by atoms with Crippen molar-refractivity contribution in [3.8, 4) is 0 Å². The maximum atomic E-state index is 12.5. The van der Waals surface area contributed by atoms with E-state index in [-0.39, 0.29) is 6.42 Å². The maximum Gasteiger partial charge on any atom is 0.407 e. The minimum absolute atomic E-state index is 0.264. The molecule has 2 amide bonds. The van der Waals surface area contributed by atoms with Crippen LogP contribution >= 0.6 is 0 Å². The van der Waals surface area contributed by atoms with Crippen LogP contribution in [0.4, 0.5) is 9.59 Å². The van der Waals surface area contributed by atoms with E-state index in [1.165, 1.54) is 0 Å². The number of amides is 2. The third-order valence-electron chi connectivity index (χ3n) is 5.70. The monoisotopic (exact) mass is 442 g/mol. The first-order chi connectivity index (χ1) is 14.3. The molecule has 9 nitrogen and oxygen atoms in total. The molecule has 3 aliphatic rings. The Kier molecular flexibility index (Phi) is 6.79. The summed E-state index contributed by atoms with van der Waals surface area (Å²) in [6.45, 7) is 10.7. The molecule has 2 aliphatic carbocycles. The number of ether oxygens (including phenoxy) is 4. The SMILES string of the molecule is CC(C)(C)OC(=O)N[C@H]1C[C@@H](NC(=O)OC(C)(C)C)[C@@H]2OC3(CCCCC3)O[C@H]2[C@@H]1O.